The van der Waals surface area contributed by atoms with E-state index in [2.05, 4.69) is 30.7 Å². The van der Waals surface area contributed by atoms with Crippen LogP contribution in [0.1, 0.15) is 10.4 Å². The van der Waals surface area contributed by atoms with E-state index in [0.717, 1.165) is 5.39 Å². The second-order valence-corrected chi connectivity index (χ2v) is 6.87. The number of pyridine rings is 1. The van der Waals surface area contributed by atoms with Gasteiger partial charge in [-0.2, -0.15) is 5.10 Å². The number of ether oxygens (including phenoxy) is 1. The van der Waals surface area contributed by atoms with E-state index in [-0.39, 0.29) is 5.91 Å². The highest BCUT2D eigenvalue weighted by molar-refractivity contribution is 7.98. The molecule has 0 radical (unpaired) electrons. The molecule has 0 aliphatic rings. The predicted octanol–water partition coefficient (Wildman–Crippen LogP) is 2.08. The van der Waals surface area contributed by atoms with Gasteiger partial charge in [0, 0.05) is 26.4 Å². The summed E-state index contributed by atoms with van der Waals surface area (Å²) < 4.78 is 6.82. The van der Waals surface area contributed by atoms with Gasteiger partial charge in [0.15, 0.2) is 10.8 Å². The first-order valence-corrected chi connectivity index (χ1v) is 10.1. The molecule has 0 saturated carbocycles. The number of methoxy groups -OCH3 is 1. The van der Waals surface area contributed by atoms with E-state index in [4.69, 9.17) is 16.3 Å². The maximum absolute atomic E-state index is 12.2. The topological polar surface area (TPSA) is 107 Å². The third-order valence-electron chi connectivity index (χ3n) is 3.86. The zero-order valence-electron chi connectivity index (χ0n) is 15.5. The number of hydrogen-bond acceptors (Lipinski definition) is 8. The van der Waals surface area contributed by atoms with Gasteiger partial charge >= 0.3 is 0 Å². The van der Waals surface area contributed by atoms with Gasteiger partial charge in [-0.15, -0.1) is 0 Å². The number of carbonyl (C=O) groups is 1. The van der Waals surface area contributed by atoms with Gasteiger partial charge in [-0.3, -0.25) is 4.79 Å². The zero-order valence-corrected chi connectivity index (χ0v) is 17.0. The number of halogens is 1. The highest BCUT2D eigenvalue weighted by atomic mass is 35.5. The Kier molecular flexibility index (Phi) is 7.01. The highest BCUT2D eigenvalue weighted by Gasteiger charge is 2.13. The molecule has 148 valence electrons. The van der Waals surface area contributed by atoms with Crippen LogP contribution in [0.15, 0.2) is 29.7 Å². The highest BCUT2D eigenvalue weighted by Crippen LogP contribution is 2.23. The quantitative estimate of drug-likeness (QED) is 0.234. The average molecular weight is 422 g/mol. The van der Waals surface area contributed by atoms with Crippen LogP contribution < -0.4 is 10.6 Å². The number of carbonyl (C=O) groups excluding carboxylic acids is 1. The number of aromatic nitrogens is 5. The smallest absolute Gasteiger partial charge is 0.252 e. The Bertz CT molecular complexity index is 949. The first kappa shape index (κ1) is 20.3. The fraction of sp³-hybridized carbons (Fsp3) is 0.353. The molecule has 3 rings (SSSR count). The molecule has 0 spiro atoms. The van der Waals surface area contributed by atoms with Gasteiger partial charge in [0.1, 0.15) is 11.0 Å². The number of thioether (sulfide) groups is 1. The van der Waals surface area contributed by atoms with Crippen LogP contribution in [0.25, 0.3) is 11.0 Å². The summed E-state index contributed by atoms with van der Waals surface area (Å²) in [6.07, 6.45) is 5.08. The number of nitrogens with one attached hydrogen (secondary N) is 2. The molecular formula is C17H20ClN7O2S. The van der Waals surface area contributed by atoms with Gasteiger partial charge < -0.3 is 15.4 Å². The summed E-state index contributed by atoms with van der Waals surface area (Å²) in [7, 11) is 1.65. The molecule has 1 amide bonds. The number of anilines is 1. The van der Waals surface area contributed by atoms with E-state index in [1.165, 1.54) is 18.0 Å². The van der Waals surface area contributed by atoms with E-state index in [9.17, 15) is 4.79 Å². The summed E-state index contributed by atoms with van der Waals surface area (Å²) in [6, 6.07) is 3.21. The Morgan fingerprint density at radius 1 is 1.29 bits per heavy atom. The van der Waals surface area contributed by atoms with E-state index < -0.39 is 0 Å². The Labute approximate surface area is 171 Å². The molecule has 11 heteroatoms. The number of hydrogen-bond donors (Lipinski definition) is 2. The molecule has 0 bridgehead atoms. The Hall–Kier alpha value is -2.43. The Balaban J connectivity index is 1.69. The van der Waals surface area contributed by atoms with Crippen molar-refractivity contribution in [2.75, 3.05) is 38.4 Å². The zero-order chi connectivity index (χ0) is 19.9. The van der Waals surface area contributed by atoms with Crippen molar-refractivity contribution < 1.29 is 9.53 Å². The molecular weight excluding hydrogens is 402 g/mol. The Morgan fingerprint density at radius 2 is 2.14 bits per heavy atom. The third kappa shape index (κ3) is 4.89. The molecule has 0 unspecified atom stereocenters. The van der Waals surface area contributed by atoms with Gasteiger partial charge in [-0.1, -0.05) is 23.4 Å². The monoisotopic (exact) mass is 421 g/mol. The molecule has 0 aliphatic heterocycles. The summed E-state index contributed by atoms with van der Waals surface area (Å²) in [5, 5.41) is 12.3. The lowest BCUT2D eigenvalue weighted by Crippen LogP contribution is -2.27. The van der Waals surface area contributed by atoms with Crippen molar-refractivity contribution in [3.05, 3.63) is 35.2 Å². The van der Waals surface area contributed by atoms with Crippen molar-refractivity contribution in [2.24, 2.45) is 0 Å². The molecule has 0 fully saturated rings. The SMILES string of the molecule is COCCNc1nc(SC)nc2c1cnn2CCNC(=O)c1ccc(Cl)nc1. The molecule has 3 aromatic heterocycles. The van der Waals surface area contributed by atoms with Gasteiger partial charge in [-0.05, 0) is 18.4 Å². The summed E-state index contributed by atoms with van der Waals surface area (Å²) in [4.78, 5) is 25.1. The van der Waals surface area contributed by atoms with Crippen LogP contribution in [-0.4, -0.2) is 63.7 Å². The van der Waals surface area contributed by atoms with E-state index in [0.29, 0.717) is 53.6 Å². The van der Waals surface area contributed by atoms with Crippen molar-refractivity contribution in [1.82, 2.24) is 30.0 Å². The normalized spacial score (nSPS) is 11.0. The molecule has 0 atom stereocenters. The fourth-order valence-corrected chi connectivity index (χ4v) is 2.96. The standard InChI is InChI=1S/C17H20ClN7O2S/c1-27-8-6-19-14-12-10-22-25(15(12)24-17(23-14)28-2)7-5-20-16(26)11-3-4-13(18)21-9-11/h3-4,9-10H,5-8H2,1-2H3,(H,20,26)(H,19,23,24). The summed E-state index contributed by atoms with van der Waals surface area (Å²) in [6.45, 7) is 2.06. The van der Waals surface area contributed by atoms with Crippen LogP contribution >= 0.6 is 23.4 Å². The van der Waals surface area contributed by atoms with Crippen LogP contribution in [0.3, 0.4) is 0 Å². The second-order valence-electron chi connectivity index (χ2n) is 5.71. The summed E-state index contributed by atoms with van der Waals surface area (Å²) in [5.74, 6) is 0.496. The van der Waals surface area contributed by atoms with Crippen LogP contribution in [0.2, 0.25) is 5.15 Å². The van der Waals surface area contributed by atoms with Gasteiger partial charge in [0.2, 0.25) is 0 Å². The van der Waals surface area contributed by atoms with Gasteiger partial charge in [0.25, 0.3) is 5.91 Å². The van der Waals surface area contributed by atoms with E-state index in [1.807, 2.05) is 6.26 Å². The lowest BCUT2D eigenvalue weighted by atomic mass is 10.3. The van der Waals surface area contributed by atoms with Crippen molar-refractivity contribution in [3.63, 3.8) is 0 Å². The van der Waals surface area contributed by atoms with Crippen LogP contribution in [-0.2, 0) is 11.3 Å². The van der Waals surface area contributed by atoms with Gasteiger partial charge in [0.05, 0.1) is 30.3 Å². The minimum Gasteiger partial charge on any atom is -0.383 e. The fourth-order valence-electron chi connectivity index (χ4n) is 2.48. The minimum atomic E-state index is -0.220. The number of fused-ring (bicyclic) bond motifs is 1. The molecule has 3 heterocycles. The van der Waals surface area contributed by atoms with Crippen LogP contribution in [0.5, 0.6) is 0 Å². The summed E-state index contributed by atoms with van der Waals surface area (Å²) >= 11 is 7.20. The lowest BCUT2D eigenvalue weighted by Gasteiger charge is -2.09. The molecule has 0 saturated heterocycles. The number of amides is 1. The molecule has 0 aromatic carbocycles. The lowest BCUT2D eigenvalue weighted by molar-refractivity contribution is 0.0951. The van der Waals surface area contributed by atoms with Crippen molar-refractivity contribution in [1.29, 1.82) is 0 Å². The van der Waals surface area contributed by atoms with Crippen LogP contribution in [0.4, 0.5) is 5.82 Å². The Morgan fingerprint density at radius 3 is 2.86 bits per heavy atom. The maximum atomic E-state index is 12.2. The average Bonchev–Trinajstić information content (AvgIpc) is 3.11. The maximum Gasteiger partial charge on any atom is 0.252 e. The van der Waals surface area contributed by atoms with Gasteiger partial charge in [-0.25, -0.2) is 19.6 Å². The van der Waals surface area contributed by atoms with Crippen molar-refractivity contribution >= 4 is 46.1 Å². The molecule has 9 nitrogen and oxygen atoms in total. The minimum absolute atomic E-state index is 0.220. The largest absolute Gasteiger partial charge is 0.383 e. The summed E-state index contributed by atoms with van der Waals surface area (Å²) in [5.41, 5.74) is 1.16. The van der Waals surface area contributed by atoms with E-state index in [1.54, 1.807) is 30.1 Å². The first-order valence-electron chi connectivity index (χ1n) is 8.52. The molecule has 28 heavy (non-hydrogen) atoms. The number of nitrogens with zero attached hydrogens (tertiary/aromatic N) is 5. The van der Waals surface area contributed by atoms with E-state index >= 15 is 0 Å². The molecule has 2 N–H and O–H groups in total. The third-order valence-corrected chi connectivity index (χ3v) is 4.63. The second kappa shape index (κ2) is 9.67. The van der Waals surface area contributed by atoms with Crippen molar-refractivity contribution in [2.45, 2.75) is 11.7 Å². The van der Waals surface area contributed by atoms with Crippen molar-refractivity contribution in [3.8, 4) is 0 Å². The predicted molar refractivity (Wildman–Crippen MR) is 109 cm³/mol. The molecule has 3 aromatic rings. The first-order chi connectivity index (χ1) is 13.6. The molecule has 0 aliphatic carbocycles. The number of rotatable bonds is 9. The van der Waals surface area contributed by atoms with Crippen LogP contribution in [0, 0.1) is 0 Å².